The van der Waals surface area contributed by atoms with Crippen LogP contribution in [0.3, 0.4) is 0 Å². The Kier molecular flexibility index (Phi) is 5.52. The Morgan fingerprint density at radius 1 is 1.09 bits per heavy atom. The van der Waals surface area contributed by atoms with E-state index < -0.39 is 40.5 Å². The monoisotopic (exact) mass is 537 g/mol. The Morgan fingerprint density at radius 3 is 2.53 bits per heavy atom. The Morgan fingerprint density at radius 2 is 1.84 bits per heavy atom. The lowest BCUT2D eigenvalue weighted by Crippen LogP contribution is -2.42. The van der Waals surface area contributed by atoms with Crippen molar-refractivity contribution < 1.29 is 31.2 Å². The fourth-order valence-corrected chi connectivity index (χ4v) is 3.98. The molecule has 32 heavy (non-hydrogen) atoms. The number of fused-ring (bicyclic) bond motifs is 1. The number of allylic oxidation sites excluding steroid dienone is 1. The van der Waals surface area contributed by atoms with Crippen LogP contribution < -0.4 is 0 Å². The minimum Gasteiger partial charge on any atom is -0.374 e. The second kappa shape index (κ2) is 7.80. The molecule has 1 aliphatic heterocycles. The highest BCUT2D eigenvalue weighted by molar-refractivity contribution is 9.10. The van der Waals surface area contributed by atoms with Gasteiger partial charge in [0.1, 0.15) is 0 Å². The molecule has 0 spiro atoms. The molecule has 1 unspecified atom stereocenters. The van der Waals surface area contributed by atoms with Crippen LogP contribution in [0.25, 0.3) is 11.6 Å². The molecule has 0 fully saturated rings. The SMILES string of the molecule is FC(F)(F)c1cc(Cl)cc(C2(C(F)(F)F)CC(C=Cc3ccc(Br)c4cncn34)=NO2)c1. The number of rotatable bonds is 3. The van der Waals surface area contributed by atoms with Crippen molar-refractivity contribution in [1.82, 2.24) is 9.38 Å². The fourth-order valence-electron chi connectivity index (χ4n) is 3.32. The largest absolute Gasteiger partial charge is 0.435 e. The van der Waals surface area contributed by atoms with E-state index >= 15 is 0 Å². The molecule has 0 saturated carbocycles. The Hall–Kier alpha value is -2.53. The predicted molar refractivity (Wildman–Crippen MR) is 109 cm³/mol. The van der Waals surface area contributed by atoms with Crippen molar-refractivity contribution in [3.63, 3.8) is 0 Å². The van der Waals surface area contributed by atoms with Crippen LogP contribution >= 0.6 is 27.5 Å². The molecule has 3 aromatic rings. The maximum Gasteiger partial charge on any atom is 0.435 e. The topological polar surface area (TPSA) is 38.9 Å². The van der Waals surface area contributed by atoms with Crippen LogP contribution in [-0.4, -0.2) is 21.3 Å². The number of benzene rings is 1. The van der Waals surface area contributed by atoms with Crippen LogP contribution in [0.1, 0.15) is 23.2 Å². The first-order valence-corrected chi connectivity index (χ1v) is 10.1. The summed E-state index contributed by atoms with van der Waals surface area (Å²) in [6.07, 6.45) is -4.82. The molecule has 4 nitrogen and oxygen atoms in total. The number of oxime groups is 1. The molecule has 0 bridgehead atoms. The van der Waals surface area contributed by atoms with Crippen molar-refractivity contribution in [2.24, 2.45) is 5.16 Å². The maximum atomic E-state index is 14.0. The third-order valence-corrected chi connectivity index (χ3v) is 5.80. The lowest BCUT2D eigenvalue weighted by Gasteiger charge is -2.30. The number of aromatic nitrogens is 2. The normalized spacial score (nSPS) is 19.6. The van der Waals surface area contributed by atoms with Crippen LogP contribution in [-0.2, 0) is 16.6 Å². The first kappa shape index (κ1) is 22.7. The van der Waals surface area contributed by atoms with E-state index in [2.05, 4.69) is 26.1 Å². The molecule has 4 rings (SSSR count). The summed E-state index contributed by atoms with van der Waals surface area (Å²) in [6.45, 7) is 0. The van der Waals surface area contributed by atoms with Crippen LogP contribution in [0, 0.1) is 0 Å². The average Bonchev–Trinajstić information content (AvgIpc) is 3.35. The van der Waals surface area contributed by atoms with Crippen LogP contribution in [0.4, 0.5) is 26.3 Å². The van der Waals surface area contributed by atoms with Crippen molar-refractivity contribution in [1.29, 1.82) is 0 Å². The molecule has 0 radical (unpaired) electrons. The van der Waals surface area contributed by atoms with Crippen molar-refractivity contribution in [3.8, 4) is 0 Å². The van der Waals surface area contributed by atoms with Gasteiger partial charge in [-0.15, -0.1) is 0 Å². The number of nitrogens with zero attached hydrogens (tertiary/aromatic N) is 3. The zero-order valence-electron chi connectivity index (χ0n) is 15.7. The summed E-state index contributed by atoms with van der Waals surface area (Å²) < 4.78 is 84.0. The highest BCUT2D eigenvalue weighted by Crippen LogP contribution is 2.49. The van der Waals surface area contributed by atoms with Crippen molar-refractivity contribution in [3.05, 3.63) is 75.2 Å². The summed E-state index contributed by atoms with van der Waals surface area (Å²) in [5.74, 6) is 0. The van der Waals surface area contributed by atoms with Gasteiger partial charge < -0.3 is 4.84 Å². The highest BCUT2D eigenvalue weighted by Gasteiger charge is 2.62. The summed E-state index contributed by atoms with van der Waals surface area (Å²) >= 11 is 9.07. The number of alkyl halides is 6. The lowest BCUT2D eigenvalue weighted by atomic mass is 9.87. The predicted octanol–water partition coefficient (Wildman–Crippen LogP) is 7.02. The minimum absolute atomic E-state index is 0.105. The standard InChI is InChI=1S/C20H11BrClF6N3O/c21-16-4-3-15(31-10-29-9-17(16)31)2-1-14-8-18(32-30-14,20(26,27)28)11-5-12(19(23,24)25)7-13(22)6-11/h1-7,9-10H,8H2. The molecule has 0 aliphatic carbocycles. The van der Waals surface area contributed by atoms with Gasteiger partial charge in [0.15, 0.2) is 0 Å². The summed E-state index contributed by atoms with van der Waals surface area (Å²) in [4.78, 5) is 8.79. The first-order chi connectivity index (χ1) is 14.9. The quantitative estimate of drug-likeness (QED) is 0.336. The van der Waals surface area contributed by atoms with Crippen molar-refractivity contribution in [2.45, 2.75) is 24.4 Å². The minimum atomic E-state index is -5.06. The molecule has 168 valence electrons. The van der Waals surface area contributed by atoms with Gasteiger partial charge in [-0.3, -0.25) is 4.40 Å². The summed E-state index contributed by atoms with van der Waals surface area (Å²) in [5, 5.41) is 3.01. The van der Waals surface area contributed by atoms with E-state index in [4.69, 9.17) is 16.4 Å². The molecule has 0 amide bonds. The second-order valence-corrected chi connectivity index (χ2v) is 8.28. The fraction of sp³-hybridized carbons (Fsp3) is 0.200. The average molecular weight is 539 g/mol. The summed E-state index contributed by atoms with van der Waals surface area (Å²) in [5.41, 5.74) is -3.96. The van der Waals surface area contributed by atoms with Crippen molar-refractivity contribution >= 4 is 44.8 Å². The van der Waals surface area contributed by atoms with Gasteiger partial charge in [-0.05, 0) is 58.4 Å². The van der Waals surface area contributed by atoms with Gasteiger partial charge in [-0.1, -0.05) is 16.8 Å². The molecule has 1 aliphatic rings. The first-order valence-electron chi connectivity index (χ1n) is 8.89. The van der Waals surface area contributed by atoms with Gasteiger partial charge in [0, 0.05) is 27.2 Å². The van der Waals surface area contributed by atoms with E-state index in [1.807, 2.05) is 0 Å². The van der Waals surface area contributed by atoms with E-state index in [9.17, 15) is 26.3 Å². The molecular weight excluding hydrogens is 528 g/mol. The number of pyridine rings is 1. The van der Waals surface area contributed by atoms with Gasteiger partial charge in [0.25, 0.3) is 5.60 Å². The molecule has 12 heteroatoms. The van der Waals surface area contributed by atoms with Gasteiger partial charge >= 0.3 is 12.4 Å². The molecule has 0 saturated heterocycles. The maximum absolute atomic E-state index is 14.0. The summed E-state index contributed by atoms with van der Waals surface area (Å²) in [6, 6.07) is 5.18. The van der Waals surface area contributed by atoms with E-state index in [-0.39, 0.29) is 5.71 Å². The highest BCUT2D eigenvalue weighted by atomic mass is 79.9. The molecule has 2 aromatic heterocycles. The van der Waals surface area contributed by atoms with Gasteiger partial charge in [0.2, 0.25) is 0 Å². The van der Waals surface area contributed by atoms with E-state index in [0.717, 1.165) is 16.1 Å². The Bertz CT molecular complexity index is 1250. The third kappa shape index (κ3) is 3.99. The van der Waals surface area contributed by atoms with Crippen LogP contribution in [0.2, 0.25) is 5.02 Å². The Labute approximate surface area is 190 Å². The molecule has 0 N–H and O–H groups in total. The number of hydrogen-bond donors (Lipinski definition) is 0. The number of imidazole rings is 1. The zero-order chi connectivity index (χ0) is 23.3. The molecular formula is C20H11BrClF6N3O. The number of hydrogen-bond acceptors (Lipinski definition) is 3. The van der Waals surface area contributed by atoms with Crippen LogP contribution in [0.15, 0.2) is 58.6 Å². The van der Waals surface area contributed by atoms with E-state index in [0.29, 0.717) is 17.8 Å². The Balaban J connectivity index is 1.69. The van der Waals surface area contributed by atoms with Gasteiger partial charge in [-0.25, -0.2) is 4.98 Å². The summed E-state index contributed by atoms with van der Waals surface area (Å²) in [7, 11) is 0. The lowest BCUT2D eigenvalue weighted by molar-refractivity contribution is -0.276. The molecule has 3 heterocycles. The molecule has 1 atom stereocenters. The van der Waals surface area contributed by atoms with Gasteiger partial charge in [0.05, 0.1) is 29.3 Å². The third-order valence-electron chi connectivity index (χ3n) is 4.91. The van der Waals surface area contributed by atoms with Gasteiger partial charge in [-0.2, -0.15) is 26.3 Å². The second-order valence-electron chi connectivity index (χ2n) is 6.99. The molecule has 1 aromatic carbocycles. The number of halogens is 8. The van der Waals surface area contributed by atoms with E-state index in [1.54, 1.807) is 22.7 Å². The zero-order valence-corrected chi connectivity index (χ0v) is 18.0. The van der Waals surface area contributed by atoms with Crippen molar-refractivity contribution in [2.75, 3.05) is 0 Å². The van der Waals surface area contributed by atoms with Crippen LogP contribution in [0.5, 0.6) is 0 Å². The smallest absolute Gasteiger partial charge is 0.374 e. The van der Waals surface area contributed by atoms with E-state index in [1.165, 1.54) is 18.5 Å².